The van der Waals surface area contributed by atoms with Gasteiger partial charge in [0.1, 0.15) is 8.75 Å². The van der Waals surface area contributed by atoms with Crippen molar-refractivity contribution in [3.63, 3.8) is 0 Å². The first-order valence-electron chi connectivity index (χ1n) is 7.76. The summed E-state index contributed by atoms with van der Waals surface area (Å²) < 4.78 is -0.0993. The van der Waals surface area contributed by atoms with Crippen molar-refractivity contribution in [3.8, 4) is 0 Å². The molecule has 0 spiro atoms. The molecule has 0 aliphatic rings. The standard InChI is InChI=1S/C18H12N2O7S3/c19-17(28-9-1-3-11(14(22)23)8(5-9)7-21)30-18(20)29-10-2-4-12(15(24)25)13(6-10)16(26)27/h1-7,19-20H,(H,22,23)(H,24,25)(H,26,27). The van der Waals surface area contributed by atoms with E-state index < -0.39 is 23.5 Å². The summed E-state index contributed by atoms with van der Waals surface area (Å²) in [5.74, 6) is -4.03. The minimum absolute atomic E-state index is 0.0329. The molecule has 0 amide bonds. The Bertz CT molecular complexity index is 1090. The van der Waals surface area contributed by atoms with Crippen molar-refractivity contribution in [1.29, 1.82) is 10.8 Å². The van der Waals surface area contributed by atoms with Crippen molar-refractivity contribution in [1.82, 2.24) is 0 Å². The SMILES string of the molecule is N=C(SC(=N)Sc1ccc(C(=O)O)c(C(=O)O)c1)Sc1ccc(C(=O)O)c(C=O)c1. The third-order valence-corrected chi connectivity index (χ3v) is 6.16. The molecule has 0 saturated carbocycles. The molecule has 5 N–H and O–H groups in total. The second kappa shape index (κ2) is 10.1. The van der Waals surface area contributed by atoms with Crippen molar-refractivity contribution in [2.24, 2.45) is 0 Å². The van der Waals surface area contributed by atoms with Crippen LogP contribution in [0.3, 0.4) is 0 Å². The van der Waals surface area contributed by atoms with E-state index in [2.05, 4.69) is 0 Å². The quantitative estimate of drug-likeness (QED) is 0.181. The molecular formula is C18H12N2O7S3. The number of hydrogen-bond acceptors (Lipinski definition) is 9. The van der Waals surface area contributed by atoms with Crippen molar-refractivity contribution in [3.05, 3.63) is 58.7 Å². The van der Waals surface area contributed by atoms with Crippen LogP contribution in [0.15, 0.2) is 46.2 Å². The average Bonchev–Trinajstić information content (AvgIpc) is 2.66. The normalized spacial score (nSPS) is 10.3. The number of carboxylic acid groups (broad SMARTS) is 3. The third-order valence-electron chi connectivity index (χ3n) is 3.44. The smallest absolute Gasteiger partial charge is 0.336 e. The Hall–Kier alpha value is -3.09. The van der Waals surface area contributed by atoms with E-state index in [1.165, 1.54) is 24.3 Å². The molecule has 0 fully saturated rings. The molecule has 30 heavy (non-hydrogen) atoms. The van der Waals surface area contributed by atoms with Crippen LogP contribution in [-0.4, -0.2) is 48.3 Å². The summed E-state index contributed by atoms with van der Waals surface area (Å²) in [6.07, 6.45) is 0.406. The number of thioether (sulfide) groups is 3. The van der Waals surface area contributed by atoms with Gasteiger partial charge in [-0.15, -0.1) is 0 Å². The van der Waals surface area contributed by atoms with Crippen LogP contribution in [0.2, 0.25) is 0 Å². The average molecular weight is 465 g/mol. The summed E-state index contributed by atoms with van der Waals surface area (Å²) in [5, 5.41) is 43.2. The summed E-state index contributed by atoms with van der Waals surface area (Å²) in [6.45, 7) is 0. The fraction of sp³-hybridized carbons (Fsp3) is 0. The topological polar surface area (TPSA) is 177 Å². The van der Waals surface area contributed by atoms with Crippen molar-refractivity contribution >= 4 is 68.2 Å². The van der Waals surface area contributed by atoms with Gasteiger partial charge in [-0.1, -0.05) is 23.5 Å². The Labute approximate surface area is 181 Å². The monoisotopic (exact) mass is 464 g/mol. The molecule has 154 valence electrons. The van der Waals surface area contributed by atoms with Crippen LogP contribution in [0.5, 0.6) is 0 Å². The van der Waals surface area contributed by atoms with Crippen LogP contribution in [0.25, 0.3) is 0 Å². The molecule has 0 unspecified atom stereocenters. The Kier molecular flexibility index (Phi) is 7.80. The number of hydrogen-bond donors (Lipinski definition) is 5. The Morgan fingerprint density at radius 1 is 0.733 bits per heavy atom. The van der Waals surface area contributed by atoms with Crippen LogP contribution >= 0.6 is 35.3 Å². The van der Waals surface area contributed by atoms with Crippen LogP contribution < -0.4 is 0 Å². The fourth-order valence-corrected chi connectivity index (χ4v) is 4.99. The van der Waals surface area contributed by atoms with Gasteiger partial charge in [0, 0.05) is 15.4 Å². The first-order valence-corrected chi connectivity index (χ1v) is 10.2. The molecule has 0 aliphatic heterocycles. The van der Waals surface area contributed by atoms with Gasteiger partial charge in [0.05, 0.1) is 16.7 Å². The highest BCUT2D eigenvalue weighted by Crippen LogP contribution is 2.32. The van der Waals surface area contributed by atoms with Crippen LogP contribution in [-0.2, 0) is 0 Å². The molecule has 12 heteroatoms. The maximum absolute atomic E-state index is 11.2. The summed E-state index contributed by atoms with van der Waals surface area (Å²) in [6, 6.07) is 7.67. The van der Waals surface area contributed by atoms with Crippen molar-refractivity contribution in [2.75, 3.05) is 0 Å². The zero-order valence-electron chi connectivity index (χ0n) is 14.7. The Balaban J connectivity index is 2.06. The van der Waals surface area contributed by atoms with E-state index in [9.17, 15) is 19.2 Å². The number of benzene rings is 2. The number of rotatable bonds is 6. The van der Waals surface area contributed by atoms with Gasteiger partial charge in [-0.25, -0.2) is 14.4 Å². The highest BCUT2D eigenvalue weighted by atomic mass is 32.2. The van der Waals surface area contributed by atoms with E-state index in [1.54, 1.807) is 0 Å². The van der Waals surface area contributed by atoms with Crippen LogP contribution in [0, 0.1) is 10.8 Å². The maximum atomic E-state index is 11.2. The lowest BCUT2D eigenvalue weighted by Gasteiger charge is -2.08. The van der Waals surface area contributed by atoms with Crippen LogP contribution in [0.1, 0.15) is 41.4 Å². The minimum Gasteiger partial charge on any atom is -0.478 e. The third kappa shape index (κ3) is 5.95. The van der Waals surface area contributed by atoms with E-state index >= 15 is 0 Å². The number of aldehydes is 1. The fourth-order valence-electron chi connectivity index (χ4n) is 2.19. The molecule has 0 bridgehead atoms. The number of carbonyl (C=O) groups is 4. The van der Waals surface area contributed by atoms with Gasteiger partial charge in [-0.3, -0.25) is 15.6 Å². The predicted molar refractivity (Wildman–Crippen MR) is 114 cm³/mol. The lowest BCUT2D eigenvalue weighted by atomic mass is 10.1. The summed E-state index contributed by atoms with van der Waals surface area (Å²) >= 11 is 2.53. The molecule has 0 radical (unpaired) electrons. The molecule has 2 aromatic carbocycles. The molecular weight excluding hydrogens is 452 g/mol. The second-order valence-corrected chi connectivity index (χ2v) is 9.08. The number of aromatic carboxylic acids is 3. The van der Waals surface area contributed by atoms with E-state index in [0.717, 1.165) is 47.4 Å². The van der Waals surface area contributed by atoms with Crippen molar-refractivity contribution in [2.45, 2.75) is 9.79 Å². The predicted octanol–water partition coefficient (Wildman–Crippen LogP) is 4.08. The van der Waals surface area contributed by atoms with E-state index in [-0.39, 0.29) is 25.4 Å². The molecule has 2 rings (SSSR count). The summed E-state index contributed by atoms with van der Waals surface area (Å²) in [4.78, 5) is 45.2. The van der Waals surface area contributed by atoms with Gasteiger partial charge >= 0.3 is 17.9 Å². The lowest BCUT2D eigenvalue weighted by molar-refractivity contribution is 0.0651. The van der Waals surface area contributed by atoms with Gasteiger partial charge in [0.2, 0.25) is 0 Å². The molecule has 0 aromatic heterocycles. The second-order valence-electron chi connectivity index (χ2n) is 5.37. The van der Waals surface area contributed by atoms with E-state index in [4.69, 9.17) is 26.1 Å². The first kappa shape index (κ1) is 23.2. The zero-order chi connectivity index (χ0) is 22.4. The largest absolute Gasteiger partial charge is 0.478 e. The van der Waals surface area contributed by atoms with Gasteiger partial charge in [0.25, 0.3) is 0 Å². The maximum Gasteiger partial charge on any atom is 0.336 e. The molecule has 0 heterocycles. The number of carboxylic acids is 3. The van der Waals surface area contributed by atoms with E-state index in [0.29, 0.717) is 16.1 Å². The molecule has 9 nitrogen and oxygen atoms in total. The zero-order valence-corrected chi connectivity index (χ0v) is 17.2. The summed E-state index contributed by atoms with van der Waals surface area (Å²) in [5.41, 5.74) is -0.967. The molecule has 0 atom stereocenters. The van der Waals surface area contributed by atoms with Gasteiger partial charge in [0.15, 0.2) is 6.29 Å². The lowest BCUT2D eigenvalue weighted by Crippen LogP contribution is -2.08. The molecule has 2 aromatic rings. The van der Waals surface area contributed by atoms with Crippen molar-refractivity contribution < 1.29 is 34.5 Å². The number of nitrogens with one attached hydrogen (secondary N) is 2. The Morgan fingerprint density at radius 2 is 1.20 bits per heavy atom. The van der Waals surface area contributed by atoms with Gasteiger partial charge in [-0.2, -0.15) is 0 Å². The van der Waals surface area contributed by atoms with Gasteiger partial charge < -0.3 is 15.3 Å². The first-order chi connectivity index (χ1) is 14.1. The highest BCUT2D eigenvalue weighted by molar-refractivity contribution is 8.53. The minimum atomic E-state index is -1.41. The van der Waals surface area contributed by atoms with Gasteiger partial charge in [-0.05, 0) is 48.2 Å². The summed E-state index contributed by atoms with van der Waals surface area (Å²) in [7, 11) is 0. The van der Waals surface area contributed by atoms with E-state index in [1.807, 2.05) is 0 Å². The Morgan fingerprint density at radius 3 is 1.67 bits per heavy atom. The molecule has 0 saturated heterocycles. The van der Waals surface area contributed by atoms with Crippen LogP contribution in [0.4, 0.5) is 0 Å². The number of carbonyl (C=O) groups excluding carboxylic acids is 1. The highest BCUT2D eigenvalue weighted by Gasteiger charge is 2.18. The molecule has 0 aliphatic carbocycles.